The lowest BCUT2D eigenvalue weighted by Gasteiger charge is -2.32. The highest BCUT2D eigenvalue weighted by Gasteiger charge is 2.63. The highest BCUT2D eigenvalue weighted by Crippen LogP contribution is 2.43. The molecular weight excluding hydrogens is 861 g/mol. The number of benzene rings is 4. The van der Waals surface area contributed by atoms with Crippen LogP contribution < -0.4 is 14.9 Å². The van der Waals surface area contributed by atoms with Crippen LogP contribution in [0.5, 0.6) is 11.5 Å². The fraction of sp³-hybridized carbons (Fsp3) is 0.455. The zero-order valence-corrected chi connectivity index (χ0v) is 39.1. The second kappa shape index (κ2) is 18.8. The second-order valence-electron chi connectivity index (χ2n) is 18.3. The van der Waals surface area contributed by atoms with Crippen LogP contribution in [0.4, 0.5) is 11.4 Å². The van der Waals surface area contributed by atoms with Crippen molar-refractivity contribution in [2.75, 3.05) is 0 Å². The van der Waals surface area contributed by atoms with Crippen LogP contribution in [0.25, 0.3) is 0 Å². The van der Waals surface area contributed by atoms with E-state index in [4.69, 9.17) is 37.4 Å². The fourth-order valence-electron chi connectivity index (χ4n) is 5.99. The molecule has 14 nitrogen and oxygen atoms in total. The number of nitro benzene ring substituents is 2. The lowest BCUT2D eigenvalue weighted by atomic mass is 9.49. The van der Waals surface area contributed by atoms with E-state index in [1.807, 2.05) is 132 Å². The lowest BCUT2D eigenvalue weighted by molar-refractivity contribution is -0.385. The first-order valence-electron chi connectivity index (χ1n) is 20.4. The van der Waals surface area contributed by atoms with Crippen LogP contribution in [0.1, 0.15) is 94.2 Å². The van der Waals surface area contributed by atoms with E-state index in [0.29, 0.717) is 19.0 Å². The molecule has 0 radical (unpaired) electrons. The molecule has 3 heterocycles. The molecule has 62 heavy (non-hydrogen) atoms. The van der Waals surface area contributed by atoms with Crippen LogP contribution in [0, 0.1) is 20.2 Å². The van der Waals surface area contributed by atoms with Crippen molar-refractivity contribution in [2.24, 2.45) is 0 Å². The predicted molar refractivity (Wildman–Crippen MR) is 243 cm³/mol. The Bertz CT molecular complexity index is 2070. The van der Waals surface area contributed by atoms with Crippen molar-refractivity contribution in [1.29, 1.82) is 0 Å². The SMILES string of the molecule is CC1(C)OB(B2OC(C)(C)C(C)(C)O2)OC1(C)C.CC1(C)OB(c2ccc(OCc3ccc([N+](=O)[O-])cc3)cc2)OC1(C)C.O=[N+]([O-])c1ccc(COc2ccc(Br)cc2)cc1. The topological polar surface area (TPSA) is 160 Å². The Kier molecular flexibility index (Phi) is 14.8. The van der Waals surface area contributed by atoms with Crippen LogP contribution >= 0.6 is 15.9 Å². The third-order valence-corrected chi connectivity index (χ3v) is 12.6. The number of nitro groups is 2. The van der Waals surface area contributed by atoms with Gasteiger partial charge >= 0.3 is 21.1 Å². The van der Waals surface area contributed by atoms with Gasteiger partial charge in [0.1, 0.15) is 24.7 Å². The van der Waals surface area contributed by atoms with E-state index in [0.717, 1.165) is 26.8 Å². The number of hydrogen-bond acceptors (Lipinski definition) is 12. The maximum Gasteiger partial charge on any atom is 0.494 e. The van der Waals surface area contributed by atoms with Crippen LogP contribution in [-0.2, 0) is 41.1 Å². The summed E-state index contributed by atoms with van der Waals surface area (Å²) in [6.07, 6.45) is 0. The molecule has 3 aliphatic rings. The lowest BCUT2D eigenvalue weighted by Crippen LogP contribution is -2.41. The van der Waals surface area contributed by atoms with Crippen molar-refractivity contribution < 1.29 is 47.2 Å². The molecule has 0 unspecified atom stereocenters. The van der Waals surface area contributed by atoms with Crippen molar-refractivity contribution in [3.63, 3.8) is 0 Å². The van der Waals surface area contributed by atoms with Crippen molar-refractivity contribution in [3.05, 3.63) is 133 Å². The third-order valence-electron chi connectivity index (χ3n) is 12.1. The maximum absolute atomic E-state index is 10.7. The molecule has 18 heteroatoms. The zero-order valence-electron chi connectivity index (χ0n) is 37.6. The Labute approximate surface area is 374 Å². The summed E-state index contributed by atoms with van der Waals surface area (Å²) in [4.78, 5) is 20.3. The minimum absolute atomic E-state index is 0.0699. The van der Waals surface area contributed by atoms with Crippen molar-refractivity contribution in [1.82, 2.24) is 0 Å². The Hall–Kier alpha value is -4.29. The molecule has 0 aromatic heterocycles. The Morgan fingerprint density at radius 3 is 1.06 bits per heavy atom. The van der Waals surface area contributed by atoms with Crippen LogP contribution in [0.2, 0.25) is 0 Å². The molecule has 0 spiro atoms. The van der Waals surface area contributed by atoms with Gasteiger partial charge in [0.05, 0.1) is 43.5 Å². The maximum atomic E-state index is 10.7. The van der Waals surface area contributed by atoms with Gasteiger partial charge < -0.3 is 37.4 Å². The summed E-state index contributed by atoms with van der Waals surface area (Å²) < 4.78 is 48.2. The number of rotatable bonds is 10. The van der Waals surface area contributed by atoms with Gasteiger partial charge in [-0.2, -0.15) is 0 Å². The molecule has 7 rings (SSSR count). The molecule has 0 amide bonds. The number of halogens is 1. The zero-order chi connectivity index (χ0) is 45.9. The van der Waals surface area contributed by atoms with Crippen LogP contribution in [-0.4, -0.2) is 64.6 Å². The summed E-state index contributed by atoms with van der Waals surface area (Å²) in [7, 11) is -1.35. The van der Waals surface area contributed by atoms with E-state index in [9.17, 15) is 20.2 Å². The summed E-state index contributed by atoms with van der Waals surface area (Å²) >= 11 is 3.34. The van der Waals surface area contributed by atoms with Gasteiger partial charge in [0.2, 0.25) is 0 Å². The highest BCUT2D eigenvalue weighted by atomic mass is 79.9. The van der Waals surface area contributed by atoms with E-state index in [1.54, 1.807) is 24.3 Å². The van der Waals surface area contributed by atoms with Crippen molar-refractivity contribution >= 4 is 53.9 Å². The van der Waals surface area contributed by atoms with Gasteiger partial charge in [0.15, 0.2) is 0 Å². The summed E-state index contributed by atoms with van der Waals surface area (Å²) in [6.45, 7) is 25.0. The first-order chi connectivity index (χ1) is 28.7. The minimum Gasteiger partial charge on any atom is -0.489 e. The smallest absolute Gasteiger partial charge is 0.489 e. The number of non-ortho nitro benzene ring substituents is 2. The van der Waals surface area contributed by atoms with Gasteiger partial charge in [-0.3, -0.25) is 20.2 Å². The molecule has 330 valence electrons. The summed E-state index contributed by atoms with van der Waals surface area (Å²) in [5.41, 5.74) is 0.666. The van der Waals surface area contributed by atoms with E-state index >= 15 is 0 Å². The average Bonchev–Trinajstić information content (AvgIpc) is 3.67. The fourth-order valence-corrected chi connectivity index (χ4v) is 6.26. The van der Waals surface area contributed by atoms with Gasteiger partial charge in [-0.1, -0.05) is 28.1 Å². The number of nitrogens with zero attached hydrogens (tertiary/aromatic N) is 2. The Balaban J connectivity index is 0.000000181. The number of hydrogen-bond donors (Lipinski definition) is 0. The standard InChI is InChI=1S/C19H22BNO5.C13H10BrNO3.C12H24B2O4/c1-18(2)19(3,4)26-20(25-18)15-7-11-17(12-8-15)24-13-14-5-9-16(10-6-14)21(22)23;14-11-3-7-13(8-4-11)18-9-10-1-5-12(6-2-10)15(16)17;1-9(2)10(3,4)16-13(15-9)14-17-11(5,6)12(7,8)18-14/h5-12H,13H2,1-4H3;1-8H,9H2;1-8H3. The van der Waals surface area contributed by atoms with Gasteiger partial charge in [0, 0.05) is 28.7 Å². The molecule has 3 saturated heterocycles. The van der Waals surface area contributed by atoms with Crippen LogP contribution in [0.3, 0.4) is 0 Å². The van der Waals surface area contributed by atoms with E-state index < -0.39 is 31.0 Å². The monoisotopic (exact) mass is 916 g/mol. The van der Waals surface area contributed by atoms with Gasteiger partial charge in [-0.25, -0.2) is 0 Å². The molecule has 3 aliphatic heterocycles. The molecule has 3 fully saturated rings. The van der Waals surface area contributed by atoms with Gasteiger partial charge in [-0.15, -0.1) is 0 Å². The largest absolute Gasteiger partial charge is 0.494 e. The Morgan fingerprint density at radius 2 is 0.758 bits per heavy atom. The van der Waals surface area contributed by atoms with E-state index in [2.05, 4.69) is 15.9 Å². The Morgan fingerprint density at radius 1 is 0.468 bits per heavy atom. The molecule has 0 saturated carbocycles. The third kappa shape index (κ3) is 11.8. The number of ether oxygens (including phenoxy) is 2. The van der Waals surface area contributed by atoms with Gasteiger partial charge in [0.25, 0.3) is 11.4 Å². The molecule has 0 aliphatic carbocycles. The molecule has 0 N–H and O–H groups in total. The van der Waals surface area contributed by atoms with Gasteiger partial charge in [-0.05, 0) is 160 Å². The minimum atomic E-state index is -0.476. The molecular formula is C44H56B3BrN2O12. The van der Waals surface area contributed by atoms with E-state index in [-0.39, 0.29) is 45.0 Å². The van der Waals surface area contributed by atoms with E-state index in [1.165, 1.54) is 24.3 Å². The first-order valence-corrected chi connectivity index (χ1v) is 21.1. The normalized spacial score (nSPS) is 19.7. The summed E-state index contributed by atoms with van der Waals surface area (Å²) in [5.74, 6) is 1.47. The quantitative estimate of drug-likeness (QED) is 0.0843. The second-order valence-corrected chi connectivity index (χ2v) is 19.2. The van der Waals surface area contributed by atoms with Crippen LogP contribution in [0.15, 0.2) is 102 Å². The molecule has 0 atom stereocenters. The summed E-state index contributed by atoms with van der Waals surface area (Å²) in [5, 5.41) is 21.2. The first kappa shape index (κ1) is 48.7. The average molecular weight is 917 g/mol. The predicted octanol–water partition coefficient (Wildman–Crippen LogP) is 9.66. The molecule has 4 aromatic rings. The van der Waals surface area contributed by atoms with Crippen molar-refractivity contribution in [3.8, 4) is 11.5 Å². The summed E-state index contributed by atoms with van der Waals surface area (Å²) in [6, 6.07) is 27.7. The van der Waals surface area contributed by atoms with Crippen molar-refractivity contribution in [2.45, 2.75) is 130 Å². The molecule has 4 aromatic carbocycles. The molecule has 0 bridgehead atoms. The highest BCUT2D eigenvalue weighted by molar-refractivity contribution is 9.10.